The van der Waals surface area contributed by atoms with Crippen LogP contribution in [0.1, 0.15) is 27.7 Å². The first-order valence-corrected chi connectivity index (χ1v) is 3.71. The van der Waals surface area contributed by atoms with E-state index in [9.17, 15) is 0 Å². The molecule has 11 heavy (non-hydrogen) atoms. The third-order valence-corrected chi connectivity index (χ3v) is 1.01. The highest BCUT2D eigenvalue weighted by molar-refractivity contribution is 5.93. The molecule has 0 heterocycles. The molecule has 0 unspecified atom stereocenters. The lowest BCUT2D eigenvalue weighted by molar-refractivity contribution is 1.39. The molecular weight excluding hydrogens is 134 g/mol. The van der Waals surface area contributed by atoms with E-state index in [0.29, 0.717) is 0 Å². The Labute approximate surface area is 68.9 Å². The fourth-order valence-corrected chi connectivity index (χ4v) is 0.669. The molecule has 60 valence electrons. The Kier molecular flexibility index (Phi) is 5.14. The van der Waals surface area contributed by atoms with Gasteiger partial charge in [-0.15, -0.1) is 5.73 Å². The minimum absolute atomic E-state index is 1.01. The Bertz CT molecular complexity index is 221. The second-order valence-corrected chi connectivity index (χ2v) is 2.58. The van der Waals surface area contributed by atoms with Crippen molar-refractivity contribution >= 4 is 5.71 Å². The summed E-state index contributed by atoms with van der Waals surface area (Å²) in [7, 11) is 0. The molecule has 1 heteroatoms. The maximum absolute atomic E-state index is 4.13. The SMILES string of the molecule is CC=C=CN=C(C)C=C(C)C. The van der Waals surface area contributed by atoms with E-state index in [4.69, 9.17) is 0 Å². The molecule has 0 aromatic heterocycles. The van der Waals surface area contributed by atoms with Gasteiger partial charge in [0.25, 0.3) is 0 Å². The zero-order valence-electron chi connectivity index (χ0n) is 7.68. The quantitative estimate of drug-likeness (QED) is 0.422. The molecule has 0 amide bonds. The van der Waals surface area contributed by atoms with Crippen molar-refractivity contribution in [1.29, 1.82) is 0 Å². The summed E-state index contributed by atoms with van der Waals surface area (Å²) in [6, 6.07) is 0. The van der Waals surface area contributed by atoms with Crippen LogP contribution in [0.15, 0.2) is 34.6 Å². The number of allylic oxidation sites excluding steroid dienone is 3. The first kappa shape index (κ1) is 9.93. The standard InChI is InChI=1S/C10H15N/c1-5-6-7-11-10(4)8-9(2)3/h5,7-8H,1-4H3. The molecule has 0 aliphatic rings. The van der Waals surface area contributed by atoms with Crippen LogP contribution in [0.25, 0.3) is 0 Å². The second kappa shape index (κ2) is 5.70. The van der Waals surface area contributed by atoms with Crippen LogP contribution in [0.3, 0.4) is 0 Å². The predicted octanol–water partition coefficient (Wildman–Crippen LogP) is 3.10. The van der Waals surface area contributed by atoms with Gasteiger partial charge >= 0.3 is 0 Å². The zero-order valence-corrected chi connectivity index (χ0v) is 7.68. The van der Waals surface area contributed by atoms with E-state index in [-0.39, 0.29) is 0 Å². The molecule has 0 aromatic carbocycles. The van der Waals surface area contributed by atoms with Crippen molar-refractivity contribution in [1.82, 2.24) is 0 Å². The van der Waals surface area contributed by atoms with Gasteiger partial charge in [-0.25, -0.2) is 0 Å². The van der Waals surface area contributed by atoms with Crippen LogP contribution in [0.4, 0.5) is 0 Å². The van der Waals surface area contributed by atoms with Crippen LogP contribution in [0.2, 0.25) is 0 Å². The highest BCUT2D eigenvalue weighted by Crippen LogP contribution is 1.90. The first-order valence-electron chi connectivity index (χ1n) is 3.71. The third-order valence-electron chi connectivity index (χ3n) is 1.01. The molecule has 0 aliphatic carbocycles. The fourth-order valence-electron chi connectivity index (χ4n) is 0.669. The van der Waals surface area contributed by atoms with Crippen LogP contribution in [-0.2, 0) is 0 Å². The fraction of sp³-hybridized carbons (Fsp3) is 0.400. The van der Waals surface area contributed by atoms with E-state index < -0.39 is 0 Å². The average molecular weight is 149 g/mol. The van der Waals surface area contributed by atoms with E-state index in [1.807, 2.05) is 26.0 Å². The molecule has 0 aliphatic heterocycles. The minimum atomic E-state index is 1.01. The summed E-state index contributed by atoms with van der Waals surface area (Å²) in [6.07, 6.45) is 5.54. The van der Waals surface area contributed by atoms with Crippen molar-refractivity contribution in [3.05, 3.63) is 29.7 Å². The molecular formula is C10H15N. The van der Waals surface area contributed by atoms with E-state index in [0.717, 1.165) is 5.71 Å². The van der Waals surface area contributed by atoms with Gasteiger partial charge in [0.2, 0.25) is 0 Å². The van der Waals surface area contributed by atoms with Gasteiger partial charge in [0, 0.05) is 5.71 Å². The maximum atomic E-state index is 4.13. The lowest BCUT2D eigenvalue weighted by Gasteiger charge is -1.88. The van der Waals surface area contributed by atoms with Crippen molar-refractivity contribution in [2.45, 2.75) is 27.7 Å². The van der Waals surface area contributed by atoms with Gasteiger partial charge in [-0.2, -0.15) is 0 Å². The minimum Gasteiger partial charge on any atom is -0.253 e. The zero-order chi connectivity index (χ0) is 8.69. The molecule has 0 fully saturated rings. The summed E-state index contributed by atoms with van der Waals surface area (Å²) in [4.78, 5) is 4.13. The van der Waals surface area contributed by atoms with Crippen LogP contribution in [0, 0.1) is 0 Å². The van der Waals surface area contributed by atoms with Crippen molar-refractivity contribution in [2.24, 2.45) is 4.99 Å². The van der Waals surface area contributed by atoms with E-state index in [1.54, 1.807) is 6.20 Å². The monoisotopic (exact) mass is 149 g/mol. The molecule has 0 saturated heterocycles. The van der Waals surface area contributed by atoms with Crippen LogP contribution < -0.4 is 0 Å². The van der Waals surface area contributed by atoms with Gasteiger partial charge in [-0.3, -0.25) is 4.99 Å². The largest absolute Gasteiger partial charge is 0.253 e. The van der Waals surface area contributed by atoms with Crippen molar-refractivity contribution in [2.75, 3.05) is 0 Å². The normalized spacial score (nSPS) is 10.0. The van der Waals surface area contributed by atoms with E-state index >= 15 is 0 Å². The van der Waals surface area contributed by atoms with Gasteiger partial charge in [-0.05, 0) is 39.8 Å². The molecule has 0 radical (unpaired) electrons. The smallest absolute Gasteiger partial charge is 0.0686 e. The van der Waals surface area contributed by atoms with Crippen molar-refractivity contribution in [3.8, 4) is 0 Å². The van der Waals surface area contributed by atoms with Crippen LogP contribution in [-0.4, -0.2) is 5.71 Å². The molecule has 0 spiro atoms. The van der Waals surface area contributed by atoms with Gasteiger partial charge < -0.3 is 0 Å². The summed E-state index contributed by atoms with van der Waals surface area (Å²) >= 11 is 0. The highest BCUT2D eigenvalue weighted by atomic mass is 14.7. The summed E-state index contributed by atoms with van der Waals surface area (Å²) in [6.45, 7) is 8.00. The van der Waals surface area contributed by atoms with Crippen molar-refractivity contribution in [3.63, 3.8) is 0 Å². The number of rotatable bonds is 2. The Morgan fingerprint density at radius 2 is 1.91 bits per heavy atom. The number of hydrogen-bond acceptors (Lipinski definition) is 1. The Hall–Kier alpha value is -1.07. The Morgan fingerprint density at radius 3 is 2.36 bits per heavy atom. The Morgan fingerprint density at radius 1 is 1.27 bits per heavy atom. The summed E-state index contributed by atoms with van der Waals surface area (Å²) in [5.41, 5.74) is 5.16. The second-order valence-electron chi connectivity index (χ2n) is 2.58. The third kappa shape index (κ3) is 6.82. The van der Waals surface area contributed by atoms with E-state index in [1.165, 1.54) is 5.57 Å². The van der Waals surface area contributed by atoms with Gasteiger partial charge in [-0.1, -0.05) is 5.57 Å². The maximum Gasteiger partial charge on any atom is 0.0686 e. The summed E-state index contributed by atoms with van der Waals surface area (Å²) in [5, 5.41) is 0. The Balaban J connectivity index is 4.24. The van der Waals surface area contributed by atoms with Gasteiger partial charge in [0.1, 0.15) is 0 Å². The average Bonchev–Trinajstić information content (AvgIpc) is 1.86. The number of nitrogens with zero attached hydrogens (tertiary/aromatic N) is 1. The summed E-state index contributed by atoms with van der Waals surface area (Å²) in [5.74, 6) is 0. The number of aliphatic imine (C=N–C) groups is 1. The number of hydrogen-bond donors (Lipinski definition) is 0. The van der Waals surface area contributed by atoms with Crippen LogP contribution >= 0.6 is 0 Å². The molecule has 0 saturated carbocycles. The first-order chi connectivity index (χ1) is 5.16. The molecule has 0 bridgehead atoms. The van der Waals surface area contributed by atoms with Crippen LogP contribution in [0.5, 0.6) is 0 Å². The highest BCUT2D eigenvalue weighted by Gasteiger charge is 1.80. The van der Waals surface area contributed by atoms with E-state index in [2.05, 4.69) is 24.6 Å². The molecule has 0 atom stereocenters. The molecule has 0 rings (SSSR count). The molecule has 1 nitrogen and oxygen atoms in total. The van der Waals surface area contributed by atoms with Gasteiger partial charge in [0.15, 0.2) is 0 Å². The van der Waals surface area contributed by atoms with Crippen molar-refractivity contribution < 1.29 is 0 Å². The molecule has 0 aromatic rings. The topological polar surface area (TPSA) is 12.4 Å². The lowest BCUT2D eigenvalue weighted by atomic mass is 10.2. The molecule has 0 N–H and O–H groups in total. The predicted molar refractivity (Wildman–Crippen MR) is 50.9 cm³/mol. The van der Waals surface area contributed by atoms with Gasteiger partial charge in [0.05, 0.1) is 6.20 Å². The lowest BCUT2D eigenvalue weighted by Crippen LogP contribution is -1.82. The summed E-state index contributed by atoms with van der Waals surface area (Å²) < 4.78 is 0.